The minimum Gasteiger partial charge on any atom is -0.396 e. The Morgan fingerprint density at radius 3 is 2.71 bits per heavy atom. The van der Waals surface area contributed by atoms with E-state index >= 15 is 0 Å². The van der Waals surface area contributed by atoms with Gasteiger partial charge in [0.05, 0.1) is 5.69 Å². The van der Waals surface area contributed by atoms with Gasteiger partial charge in [-0.1, -0.05) is 30.3 Å². The van der Waals surface area contributed by atoms with Gasteiger partial charge in [-0.2, -0.15) is 0 Å². The van der Waals surface area contributed by atoms with E-state index in [1.807, 2.05) is 42.6 Å². The van der Waals surface area contributed by atoms with Gasteiger partial charge >= 0.3 is 0 Å². The Hall–Kier alpha value is -1.88. The molecule has 0 aliphatic rings. The molecule has 3 rings (SSSR count). The predicted octanol–water partition coefficient (Wildman–Crippen LogP) is 2.74. The first-order valence-corrected chi connectivity index (χ1v) is 5.90. The number of halogens is 1. The summed E-state index contributed by atoms with van der Waals surface area (Å²) in [5.41, 5.74) is 8.15. The maximum atomic E-state index is 5.90. The van der Waals surface area contributed by atoms with Crippen LogP contribution < -0.4 is 5.73 Å². The molecule has 0 radical (unpaired) electrons. The van der Waals surface area contributed by atoms with Gasteiger partial charge in [0.25, 0.3) is 0 Å². The van der Waals surface area contributed by atoms with Gasteiger partial charge in [-0.05, 0) is 22.0 Å². The third kappa shape index (κ3) is 1.78. The highest BCUT2D eigenvalue weighted by Crippen LogP contribution is 2.21. The molecular formula is C12H9BrN4. The van der Waals surface area contributed by atoms with Crippen LogP contribution in [0.2, 0.25) is 0 Å². The molecule has 2 heterocycles. The van der Waals surface area contributed by atoms with Crippen molar-refractivity contribution < 1.29 is 0 Å². The molecule has 0 fully saturated rings. The van der Waals surface area contributed by atoms with Gasteiger partial charge in [0, 0.05) is 16.2 Å². The van der Waals surface area contributed by atoms with Crippen LogP contribution in [0.25, 0.3) is 17.0 Å². The fraction of sp³-hybridized carbons (Fsp3) is 0. The van der Waals surface area contributed by atoms with Crippen LogP contribution in [0, 0.1) is 0 Å². The zero-order chi connectivity index (χ0) is 11.8. The van der Waals surface area contributed by atoms with Gasteiger partial charge in [0.2, 0.25) is 0 Å². The lowest BCUT2D eigenvalue weighted by Crippen LogP contribution is -1.93. The summed E-state index contributed by atoms with van der Waals surface area (Å²) in [6.45, 7) is 0. The smallest absolute Gasteiger partial charge is 0.182 e. The number of nitrogen functional groups attached to an aromatic ring is 1. The summed E-state index contributed by atoms with van der Waals surface area (Å²) < 4.78 is 2.56. The number of fused-ring (bicyclic) bond motifs is 1. The Bertz CT molecular complexity index is 676. The molecule has 0 saturated carbocycles. The third-order valence-electron chi connectivity index (χ3n) is 2.46. The molecule has 0 spiro atoms. The van der Waals surface area contributed by atoms with Crippen LogP contribution in [0.15, 0.2) is 47.1 Å². The molecular weight excluding hydrogens is 280 g/mol. The zero-order valence-corrected chi connectivity index (χ0v) is 10.4. The molecule has 0 aliphatic heterocycles. The minimum atomic E-state index is 0.606. The van der Waals surface area contributed by atoms with E-state index in [0.717, 1.165) is 10.0 Å². The van der Waals surface area contributed by atoms with E-state index in [-0.39, 0.29) is 0 Å². The largest absolute Gasteiger partial charge is 0.396 e. The molecule has 2 aromatic heterocycles. The first-order valence-electron chi connectivity index (χ1n) is 5.11. The third-order valence-corrected chi connectivity index (χ3v) is 2.89. The summed E-state index contributed by atoms with van der Waals surface area (Å²) >= 11 is 3.38. The number of hydrogen-bond donors (Lipinski definition) is 1. The molecule has 0 bridgehead atoms. The number of nitrogens with two attached hydrogens (primary N) is 1. The SMILES string of the molecule is Nc1cc(Br)cn2nc(-c3ccccc3)nc12. The quantitative estimate of drug-likeness (QED) is 0.749. The predicted molar refractivity (Wildman–Crippen MR) is 70.5 cm³/mol. The number of rotatable bonds is 1. The van der Waals surface area contributed by atoms with Crippen LogP contribution in [-0.2, 0) is 0 Å². The maximum Gasteiger partial charge on any atom is 0.182 e. The van der Waals surface area contributed by atoms with E-state index in [0.29, 0.717) is 17.2 Å². The van der Waals surface area contributed by atoms with Crippen LogP contribution in [0.5, 0.6) is 0 Å². The van der Waals surface area contributed by atoms with Crippen molar-refractivity contribution in [1.82, 2.24) is 14.6 Å². The summed E-state index contributed by atoms with van der Waals surface area (Å²) in [4.78, 5) is 4.43. The number of aromatic nitrogens is 3. The Labute approximate surface area is 106 Å². The van der Waals surface area contributed by atoms with Crippen molar-refractivity contribution in [3.63, 3.8) is 0 Å². The van der Waals surface area contributed by atoms with Crippen molar-refractivity contribution in [3.8, 4) is 11.4 Å². The van der Waals surface area contributed by atoms with Crippen LogP contribution in [-0.4, -0.2) is 14.6 Å². The fourth-order valence-corrected chi connectivity index (χ4v) is 2.13. The Morgan fingerprint density at radius 2 is 1.94 bits per heavy atom. The average molecular weight is 289 g/mol. The Kier molecular flexibility index (Phi) is 2.33. The minimum absolute atomic E-state index is 0.606. The summed E-state index contributed by atoms with van der Waals surface area (Å²) in [7, 11) is 0. The van der Waals surface area contributed by atoms with Crippen molar-refractivity contribution in [1.29, 1.82) is 0 Å². The van der Waals surface area contributed by atoms with Gasteiger partial charge in [-0.25, -0.2) is 9.50 Å². The number of nitrogens with zero attached hydrogens (tertiary/aromatic N) is 3. The molecule has 84 valence electrons. The molecule has 5 heteroatoms. The molecule has 3 aromatic rings. The molecule has 1 aromatic carbocycles. The van der Waals surface area contributed by atoms with Gasteiger partial charge in [0.1, 0.15) is 0 Å². The summed E-state index contributed by atoms with van der Waals surface area (Å²) in [6, 6.07) is 11.6. The maximum absolute atomic E-state index is 5.90. The van der Waals surface area contributed by atoms with Crippen LogP contribution in [0.3, 0.4) is 0 Å². The fourth-order valence-electron chi connectivity index (χ4n) is 1.69. The van der Waals surface area contributed by atoms with Crippen molar-refractivity contribution >= 4 is 27.3 Å². The monoisotopic (exact) mass is 288 g/mol. The zero-order valence-electron chi connectivity index (χ0n) is 8.84. The number of hydrogen-bond acceptors (Lipinski definition) is 3. The number of benzene rings is 1. The highest BCUT2D eigenvalue weighted by Gasteiger charge is 2.08. The number of pyridine rings is 1. The second kappa shape index (κ2) is 3.85. The highest BCUT2D eigenvalue weighted by atomic mass is 79.9. The van der Waals surface area contributed by atoms with Crippen LogP contribution >= 0.6 is 15.9 Å². The molecule has 17 heavy (non-hydrogen) atoms. The van der Waals surface area contributed by atoms with E-state index in [4.69, 9.17) is 5.73 Å². The Balaban J connectivity index is 2.24. The van der Waals surface area contributed by atoms with Crippen LogP contribution in [0.4, 0.5) is 5.69 Å². The van der Waals surface area contributed by atoms with Gasteiger partial charge in [-0.15, -0.1) is 5.10 Å². The molecule has 0 amide bonds. The summed E-state index contributed by atoms with van der Waals surface area (Å²) in [5.74, 6) is 0.676. The summed E-state index contributed by atoms with van der Waals surface area (Å²) in [5, 5.41) is 4.40. The number of anilines is 1. The molecule has 0 unspecified atom stereocenters. The topological polar surface area (TPSA) is 56.2 Å². The van der Waals surface area contributed by atoms with Crippen molar-refractivity contribution in [3.05, 3.63) is 47.1 Å². The standard InChI is InChI=1S/C12H9BrN4/c13-9-6-10(14)12-15-11(16-17(12)7-9)8-4-2-1-3-5-8/h1-7H,14H2. The first kappa shape index (κ1) is 10.3. The average Bonchev–Trinajstić information content (AvgIpc) is 2.74. The van der Waals surface area contributed by atoms with E-state index in [9.17, 15) is 0 Å². The first-order chi connectivity index (χ1) is 8.24. The van der Waals surface area contributed by atoms with E-state index in [1.165, 1.54) is 0 Å². The molecule has 0 aliphatic carbocycles. The van der Waals surface area contributed by atoms with E-state index in [2.05, 4.69) is 26.0 Å². The van der Waals surface area contributed by atoms with Gasteiger partial charge in [0.15, 0.2) is 11.5 Å². The van der Waals surface area contributed by atoms with Gasteiger partial charge < -0.3 is 5.73 Å². The lowest BCUT2D eigenvalue weighted by atomic mass is 10.2. The second-order valence-electron chi connectivity index (χ2n) is 3.68. The van der Waals surface area contributed by atoms with Crippen LogP contribution in [0.1, 0.15) is 0 Å². The molecule has 0 atom stereocenters. The van der Waals surface area contributed by atoms with Crippen molar-refractivity contribution in [2.75, 3.05) is 5.73 Å². The van der Waals surface area contributed by atoms with Crippen molar-refractivity contribution in [2.24, 2.45) is 0 Å². The highest BCUT2D eigenvalue weighted by molar-refractivity contribution is 9.10. The van der Waals surface area contributed by atoms with Gasteiger partial charge in [-0.3, -0.25) is 0 Å². The Morgan fingerprint density at radius 1 is 1.18 bits per heavy atom. The molecule has 0 saturated heterocycles. The summed E-state index contributed by atoms with van der Waals surface area (Å²) in [6.07, 6.45) is 1.84. The van der Waals surface area contributed by atoms with Crippen molar-refractivity contribution in [2.45, 2.75) is 0 Å². The molecule has 2 N–H and O–H groups in total. The van der Waals surface area contributed by atoms with E-state index < -0.39 is 0 Å². The normalized spacial score (nSPS) is 10.9. The lowest BCUT2D eigenvalue weighted by Gasteiger charge is -1.96. The second-order valence-corrected chi connectivity index (χ2v) is 4.60. The lowest BCUT2D eigenvalue weighted by molar-refractivity contribution is 0.962. The van der Waals surface area contributed by atoms with E-state index in [1.54, 1.807) is 4.52 Å². The molecule has 4 nitrogen and oxygen atoms in total.